The van der Waals surface area contributed by atoms with Crippen LogP contribution in [0.4, 0.5) is 0 Å². The quantitative estimate of drug-likeness (QED) is 0.633. The van der Waals surface area contributed by atoms with Crippen molar-refractivity contribution in [3.05, 3.63) is 29.8 Å². The van der Waals surface area contributed by atoms with Crippen molar-refractivity contribution < 1.29 is 9.47 Å². The fourth-order valence-corrected chi connectivity index (χ4v) is 2.21. The highest BCUT2D eigenvalue weighted by molar-refractivity contribution is 5.27. The Morgan fingerprint density at radius 1 is 1.14 bits per heavy atom. The van der Waals surface area contributed by atoms with Gasteiger partial charge in [0.05, 0.1) is 13.2 Å². The van der Waals surface area contributed by atoms with Crippen molar-refractivity contribution in [1.29, 1.82) is 0 Å². The van der Waals surface area contributed by atoms with E-state index in [9.17, 15) is 0 Å². The highest BCUT2D eigenvalue weighted by atomic mass is 16.5. The van der Waals surface area contributed by atoms with Crippen molar-refractivity contribution in [1.82, 2.24) is 5.32 Å². The zero-order chi connectivity index (χ0) is 15.8. The Bertz CT molecular complexity index is 412. The zero-order valence-electron chi connectivity index (χ0n) is 14.3. The predicted molar refractivity (Wildman–Crippen MR) is 91.5 cm³/mol. The molecule has 3 heteroatoms. The van der Waals surface area contributed by atoms with Gasteiger partial charge in [0.1, 0.15) is 5.75 Å². The molecule has 0 heterocycles. The average molecular weight is 305 g/mol. The van der Waals surface area contributed by atoms with Gasteiger partial charge in [-0.15, -0.1) is 0 Å². The van der Waals surface area contributed by atoms with Crippen LogP contribution in [0.3, 0.4) is 0 Å². The van der Waals surface area contributed by atoms with Crippen LogP contribution in [0.15, 0.2) is 24.3 Å². The molecule has 0 saturated heterocycles. The van der Waals surface area contributed by atoms with E-state index in [2.05, 4.69) is 50.4 Å². The van der Waals surface area contributed by atoms with Crippen LogP contribution in [0.1, 0.15) is 39.2 Å². The molecule has 22 heavy (non-hydrogen) atoms. The lowest BCUT2D eigenvalue weighted by atomic mass is 10.1. The fourth-order valence-electron chi connectivity index (χ4n) is 2.21. The van der Waals surface area contributed by atoms with Crippen molar-refractivity contribution in [2.45, 2.75) is 46.1 Å². The number of hydrogen-bond donors (Lipinski definition) is 1. The summed E-state index contributed by atoms with van der Waals surface area (Å²) in [5.74, 6) is 2.32. The third kappa shape index (κ3) is 7.28. The SMILES string of the molecule is CC(CNC(C)C)COc1ccc(CCOCC2CC2)cc1. The Morgan fingerprint density at radius 3 is 2.50 bits per heavy atom. The molecule has 0 bridgehead atoms. The van der Waals surface area contributed by atoms with E-state index in [1.165, 1.54) is 18.4 Å². The first-order chi connectivity index (χ1) is 10.6. The van der Waals surface area contributed by atoms with E-state index in [4.69, 9.17) is 9.47 Å². The molecule has 1 aliphatic rings. The van der Waals surface area contributed by atoms with Gasteiger partial charge in [-0.3, -0.25) is 0 Å². The minimum absolute atomic E-state index is 0.512. The lowest BCUT2D eigenvalue weighted by Gasteiger charge is -2.16. The van der Waals surface area contributed by atoms with E-state index in [0.29, 0.717) is 12.0 Å². The third-order valence-electron chi connectivity index (χ3n) is 3.92. The van der Waals surface area contributed by atoms with Crippen molar-refractivity contribution in [3.63, 3.8) is 0 Å². The number of ether oxygens (including phenoxy) is 2. The van der Waals surface area contributed by atoms with Gasteiger partial charge in [0.15, 0.2) is 0 Å². The van der Waals surface area contributed by atoms with E-state index in [0.717, 1.165) is 44.5 Å². The highest BCUT2D eigenvalue weighted by Gasteiger charge is 2.20. The molecule has 1 fully saturated rings. The van der Waals surface area contributed by atoms with Crippen LogP contribution in [-0.4, -0.2) is 32.4 Å². The Labute approximate surface area is 135 Å². The first-order valence-electron chi connectivity index (χ1n) is 8.66. The Hall–Kier alpha value is -1.06. The number of benzene rings is 1. The van der Waals surface area contributed by atoms with Crippen LogP contribution in [0.5, 0.6) is 5.75 Å². The minimum Gasteiger partial charge on any atom is -0.493 e. The van der Waals surface area contributed by atoms with Crippen LogP contribution in [-0.2, 0) is 11.2 Å². The van der Waals surface area contributed by atoms with Crippen molar-refractivity contribution in [3.8, 4) is 5.75 Å². The maximum atomic E-state index is 5.85. The highest BCUT2D eigenvalue weighted by Crippen LogP contribution is 2.28. The summed E-state index contributed by atoms with van der Waals surface area (Å²) in [4.78, 5) is 0. The molecule has 1 aromatic rings. The van der Waals surface area contributed by atoms with Crippen LogP contribution in [0.25, 0.3) is 0 Å². The Kier molecular flexibility index (Phi) is 7.20. The molecule has 0 amide bonds. The first-order valence-corrected chi connectivity index (χ1v) is 8.66. The molecule has 1 saturated carbocycles. The maximum absolute atomic E-state index is 5.85. The molecule has 0 spiro atoms. The molecule has 3 nitrogen and oxygen atoms in total. The predicted octanol–water partition coefficient (Wildman–Crippen LogP) is 3.67. The molecular formula is C19H31NO2. The molecule has 1 N–H and O–H groups in total. The number of nitrogens with one attached hydrogen (secondary N) is 1. The molecular weight excluding hydrogens is 274 g/mol. The van der Waals surface area contributed by atoms with Crippen LogP contribution >= 0.6 is 0 Å². The minimum atomic E-state index is 0.512. The molecule has 1 atom stereocenters. The first kappa shape index (κ1) is 17.3. The largest absolute Gasteiger partial charge is 0.493 e. The van der Waals surface area contributed by atoms with Gasteiger partial charge in [-0.25, -0.2) is 0 Å². The third-order valence-corrected chi connectivity index (χ3v) is 3.92. The Balaban J connectivity index is 1.60. The summed E-state index contributed by atoms with van der Waals surface area (Å²) in [6.07, 6.45) is 3.70. The van der Waals surface area contributed by atoms with Crippen molar-refractivity contribution in [2.24, 2.45) is 11.8 Å². The summed E-state index contributed by atoms with van der Waals surface area (Å²) in [6, 6.07) is 8.96. The van der Waals surface area contributed by atoms with Crippen molar-refractivity contribution in [2.75, 3.05) is 26.4 Å². The van der Waals surface area contributed by atoms with Gasteiger partial charge in [-0.1, -0.05) is 32.9 Å². The van der Waals surface area contributed by atoms with Gasteiger partial charge in [-0.2, -0.15) is 0 Å². The topological polar surface area (TPSA) is 30.5 Å². The summed E-state index contributed by atoms with van der Waals surface area (Å²) < 4.78 is 11.5. The molecule has 0 radical (unpaired) electrons. The second-order valence-corrected chi connectivity index (χ2v) is 6.89. The molecule has 0 aliphatic heterocycles. The second-order valence-electron chi connectivity index (χ2n) is 6.89. The summed E-state index contributed by atoms with van der Waals surface area (Å²) in [7, 11) is 0. The van der Waals surface area contributed by atoms with E-state index in [-0.39, 0.29) is 0 Å². The van der Waals surface area contributed by atoms with E-state index >= 15 is 0 Å². The Morgan fingerprint density at radius 2 is 1.86 bits per heavy atom. The molecule has 2 rings (SSSR count). The van der Waals surface area contributed by atoms with E-state index in [1.54, 1.807) is 0 Å². The standard InChI is InChI=1S/C19H31NO2/c1-15(2)20-12-16(3)13-22-19-8-6-17(7-9-19)10-11-21-14-18-4-5-18/h6-9,15-16,18,20H,4-5,10-14H2,1-3H3. The van der Waals surface area contributed by atoms with E-state index in [1.807, 2.05) is 0 Å². The lowest BCUT2D eigenvalue weighted by molar-refractivity contribution is 0.127. The second kappa shape index (κ2) is 9.16. The summed E-state index contributed by atoms with van der Waals surface area (Å²) in [5, 5.41) is 3.44. The summed E-state index contributed by atoms with van der Waals surface area (Å²) in [6.45, 7) is 10.1. The molecule has 124 valence electrons. The lowest BCUT2D eigenvalue weighted by Crippen LogP contribution is -2.30. The average Bonchev–Trinajstić information content (AvgIpc) is 3.33. The van der Waals surface area contributed by atoms with Crippen LogP contribution in [0.2, 0.25) is 0 Å². The normalized spacial score (nSPS) is 16.0. The monoisotopic (exact) mass is 305 g/mol. The maximum Gasteiger partial charge on any atom is 0.119 e. The number of rotatable bonds is 11. The molecule has 1 aliphatic carbocycles. The summed E-state index contributed by atoms with van der Waals surface area (Å²) >= 11 is 0. The van der Waals surface area contributed by atoms with Gasteiger partial charge in [0.2, 0.25) is 0 Å². The van der Waals surface area contributed by atoms with Crippen LogP contribution < -0.4 is 10.1 Å². The van der Waals surface area contributed by atoms with Crippen molar-refractivity contribution >= 4 is 0 Å². The van der Waals surface area contributed by atoms with Gasteiger partial charge in [-0.05, 0) is 42.9 Å². The smallest absolute Gasteiger partial charge is 0.119 e. The molecule has 0 aromatic heterocycles. The van der Waals surface area contributed by atoms with Gasteiger partial charge in [0.25, 0.3) is 0 Å². The van der Waals surface area contributed by atoms with E-state index < -0.39 is 0 Å². The van der Waals surface area contributed by atoms with Crippen LogP contribution in [0, 0.1) is 11.8 Å². The van der Waals surface area contributed by atoms with Gasteiger partial charge < -0.3 is 14.8 Å². The zero-order valence-corrected chi connectivity index (χ0v) is 14.3. The van der Waals surface area contributed by atoms with Gasteiger partial charge in [0, 0.05) is 25.1 Å². The van der Waals surface area contributed by atoms with Gasteiger partial charge >= 0.3 is 0 Å². The molecule has 1 unspecified atom stereocenters. The summed E-state index contributed by atoms with van der Waals surface area (Å²) in [5.41, 5.74) is 1.32. The number of hydrogen-bond acceptors (Lipinski definition) is 3. The molecule has 1 aromatic carbocycles. The fraction of sp³-hybridized carbons (Fsp3) is 0.684.